The van der Waals surface area contributed by atoms with Gasteiger partial charge in [-0.25, -0.2) is 0 Å². The third-order valence-corrected chi connectivity index (χ3v) is 5.17. The van der Waals surface area contributed by atoms with Crippen LogP contribution in [0.3, 0.4) is 0 Å². The Morgan fingerprint density at radius 3 is 2.84 bits per heavy atom. The van der Waals surface area contributed by atoms with Crippen molar-refractivity contribution in [1.29, 1.82) is 0 Å². The van der Waals surface area contributed by atoms with E-state index in [4.69, 9.17) is 0 Å². The first-order valence-electron chi connectivity index (χ1n) is 6.35. The van der Waals surface area contributed by atoms with Crippen molar-refractivity contribution in [2.24, 2.45) is 0 Å². The number of carbonyl (C=O) groups excluding carboxylic acids is 1. The van der Waals surface area contributed by atoms with Crippen molar-refractivity contribution >= 4 is 38.9 Å². The van der Waals surface area contributed by atoms with Crippen molar-refractivity contribution in [3.05, 3.63) is 50.6 Å². The van der Waals surface area contributed by atoms with Crippen molar-refractivity contribution in [1.82, 2.24) is 0 Å². The minimum atomic E-state index is 0.111. The summed E-state index contributed by atoms with van der Waals surface area (Å²) in [6.45, 7) is 0. The highest BCUT2D eigenvalue weighted by atomic mass is 79.9. The lowest BCUT2D eigenvalue weighted by atomic mass is 9.89. The van der Waals surface area contributed by atoms with Gasteiger partial charge in [0.25, 0.3) is 0 Å². The van der Waals surface area contributed by atoms with E-state index in [9.17, 15) is 4.79 Å². The summed E-state index contributed by atoms with van der Waals surface area (Å²) in [6, 6.07) is 12.3. The van der Waals surface area contributed by atoms with E-state index >= 15 is 0 Å². The maximum Gasteiger partial charge on any atom is 0.225 e. The second-order valence-corrected chi connectivity index (χ2v) is 7.30. The molecule has 0 radical (unpaired) electrons. The highest BCUT2D eigenvalue weighted by molar-refractivity contribution is 9.11. The molecule has 0 spiro atoms. The molecule has 0 saturated heterocycles. The predicted octanol–water partition coefficient (Wildman–Crippen LogP) is 4.57. The second kappa shape index (κ2) is 5.47. The van der Waals surface area contributed by atoms with E-state index in [0.29, 0.717) is 12.3 Å². The van der Waals surface area contributed by atoms with Crippen molar-refractivity contribution in [2.45, 2.75) is 25.2 Å². The van der Waals surface area contributed by atoms with Gasteiger partial charge >= 0.3 is 0 Å². The van der Waals surface area contributed by atoms with E-state index in [1.165, 1.54) is 10.4 Å². The van der Waals surface area contributed by atoms with Gasteiger partial charge in [0, 0.05) is 11.3 Å². The monoisotopic (exact) mass is 335 g/mol. The Balaban J connectivity index is 1.87. The first kappa shape index (κ1) is 12.9. The number of halogens is 1. The van der Waals surface area contributed by atoms with Crippen LogP contribution in [-0.2, 0) is 11.2 Å². The number of amides is 1. The van der Waals surface area contributed by atoms with Gasteiger partial charge in [-0.1, -0.05) is 30.3 Å². The largest absolute Gasteiger partial charge is 0.325 e. The maximum atomic E-state index is 12.1. The van der Waals surface area contributed by atoms with Crippen LogP contribution in [-0.4, -0.2) is 5.91 Å². The van der Waals surface area contributed by atoms with E-state index in [2.05, 4.69) is 33.4 Å². The summed E-state index contributed by atoms with van der Waals surface area (Å²) < 4.78 is 1.08. The molecular formula is C15H14BrNOS. The predicted molar refractivity (Wildman–Crippen MR) is 82.8 cm³/mol. The van der Waals surface area contributed by atoms with Crippen LogP contribution in [0.15, 0.2) is 40.2 Å². The van der Waals surface area contributed by atoms with Crippen LogP contribution in [0.2, 0.25) is 0 Å². The Morgan fingerprint density at radius 2 is 2.05 bits per heavy atom. The summed E-state index contributed by atoms with van der Waals surface area (Å²) in [7, 11) is 0. The molecule has 0 unspecified atom stereocenters. The fourth-order valence-corrected chi connectivity index (χ4v) is 4.20. The van der Waals surface area contributed by atoms with Crippen LogP contribution in [0.1, 0.15) is 29.2 Å². The number of nitrogens with one attached hydrogen (secondary N) is 1. The number of rotatable bonds is 1. The SMILES string of the molecule is O=C1C[C@@H](c2ccccc2)CCc2sc(Br)cc2N1. The van der Waals surface area contributed by atoms with Crippen LogP contribution in [0, 0.1) is 0 Å². The number of benzene rings is 1. The third kappa shape index (κ3) is 2.90. The van der Waals surface area contributed by atoms with Crippen LogP contribution in [0.4, 0.5) is 5.69 Å². The molecule has 1 aliphatic heterocycles. The van der Waals surface area contributed by atoms with Gasteiger partial charge in [-0.3, -0.25) is 4.79 Å². The summed E-state index contributed by atoms with van der Waals surface area (Å²) in [6.07, 6.45) is 2.61. The van der Waals surface area contributed by atoms with Crippen molar-refractivity contribution in [3.8, 4) is 0 Å². The molecule has 3 rings (SSSR count). The van der Waals surface area contributed by atoms with Crippen molar-refractivity contribution in [2.75, 3.05) is 5.32 Å². The topological polar surface area (TPSA) is 29.1 Å². The first-order valence-corrected chi connectivity index (χ1v) is 7.96. The highest BCUT2D eigenvalue weighted by Gasteiger charge is 2.21. The summed E-state index contributed by atoms with van der Waals surface area (Å²) >= 11 is 5.20. The van der Waals surface area contributed by atoms with Crippen LogP contribution >= 0.6 is 27.3 Å². The van der Waals surface area contributed by atoms with E-state index in [1.807, 2.05) is 24.3 Å². The molecular weight excluding hydrogens is 322 g/mol. The number of hydrogen-bond donors (Lipinski definition) is 1. The number of fused-ring (bicyclic) bond motifs is 1. The van der Waals surface area contributed by atoms with Crippen molar-refractivity contribution < 1.29 is 4.79 Å². The first-order chi connectivity index (χ1) is 9.22. The highest BCUT2D eigenvalue weighted by Crippen LogP contribution is 2.36. The molecule has 1 atom stereocenters. The molecule has 0 saturated carbocycles. The Bertz CT molecular complexity index is 593. The average molecular weight is 336 g/mol. The smallest absolute Gasteiger partial charge is 0.225 e. The van der Waals surface area contributed by atoms with Gasteiger partial charge in [0.15, 0.2) is 0 Å². The molecule has 1 aromatic heterocycles. The normalized spacial score (nSPS) is 19.2. The minimum absolute atomic E-state index is 0.111. The van der Waals surface area contributed by atoms with Gasteiger partial charge in [0.2, 0.25) is 5.91 Å². The molecule has 1 amide bonds. The molecule has 2 aromatic rings. The van der Waals surface area contributed by atoms with E-state index < -0.39 is 0 Å². The number of carbonyl (C=O) groups is 1. The Morgan fingerprint density at radius 1 is 1.26 bits per heavy atom. The zero-order valence-corrected chi connectivity index (χ0v) is 12.8. The standard InChI is InChI=1S/C15H14BrNOS/c16-14-9-12-13(19-14)7-6-11(8-15(18)17-12)10-4-2-1-3-5-10/h1-5,9,11H,6-8H2,(H,17,18)/t11-/m0/s1. The molecule has 98 valence electrons. The molecule has 4 heteroatoms. The van der Waals surface area contributed by atoms with Gasteiger partial charge in [0.1, 0.15) is 0 Å². The molecule has 0 aliphatic carbocycles. The molecule has 1 aromatic carbocycles. The van der Waals surface area contributed by atoms with Crippen LogP contribution in [0.5, 0.6) is 0 Å². The molecule has 1 aliphatic rings. The number of hydrogen-bond acceptors (Lipinski definition) is 2. The lowest BCUT2D eigenvalue weighted by molar-refractivity contribution is -0.116. The molecule has 2 heterocycles. The van der Waals surface area contributed by atoms with Crippen LogP contribution in [0.25, 0.3) is 0 Å². The molecule has 2 nitrogen and oxygen atoms in total. The fourth-order valence-electron chi connectivity index (χ4n) is 2.53. The Labute approximate surface area is 125 Å². The van der Waals surface area contributed by atoms with Gasteiger partial charge < -0.3 is 5.32 Å². The quantitative estimate of drug-likeness (QED) is 0.812. The Kier molecular flexibility index (Phi) is 3.71. The Hall–Kier alpha value is -1.13. The summed E-state index contributed by atoms with van der Waals surface area (Å²) in [5.41, 5.74) is 2.24. The molecule has 0 bridgehead atoms. The van der Waals surface area contributed by atoms with Crippen LogP contribution < -0.4 is 5.32 Å². The maximum absolute atomic E-state index is 12.1. The number of anilines is 1. The number of thiophene rings is 1. The lowest BCUT2D eigenvalue weighted by Crippen LogP contribution is -2.18. The molecule has 0 fully saturated rings. The van der Waals surface area contributed by atoms with Crippen molar-refractivity contribution in [3.63, 3.8) is 0 Å². The van der Waals surface area contributed by atoms with Gasteiger partial charge in [-0.15, -0.1) is 11.3 Å². The average Bonchev–Trinajstić information content (AvgIpc) is 2.73. The summed E-state index contributed by atoms with van der Waals surface area (Å²) in [4.78, 5) is 13.3. The van der Waals surface area contributed by atoms with E-state index in [-0.39, 0.29) is 5.91 Å². The summed E-state index contributed by atoms with van der Waals surface area (Å²) in [5.74, 6) is 0.426. The lowest BCUT2D eigenvalue weighted by Gasteiger charge is -2.20. The van der Waals surface area contributed by atoms with Gasteiger partial charge in [-0.2, -0.15) is 0 Å². The zero-order valence-electron chi connectivity index (χ0n) is 10.4. The van der Waals surface area contributed by atoms with Gasteiger partial charge in [-0.05, 0) is 46.3 Å². The fraction of sp³-hybridized carbons (Fsp3) is 0.267. The van der Waals surface area contributed by atoms with E-state index in [1.54, 1.807) is 11.3 Å². The summed E-state index contributed by atoms with van der Waals surface area (Å²) in [5, 5.41) is 3.02. The minimum Gasteiger partial charge on any atom is -0.325 e. The molecule has 19 heavy (non-hydrogen) atoms. The third-order valence-electron chi connectivity index (χ3n) is 3.48. The van der Waals surface area contributed by atoms with Gasteiger partial charge in [0.05, 0.1) is 9.47 Å². The number of aryl methyl sites for hydroxylation is 1. The molecule has 1 N–H and O–H groups in total. The van der Waals surface area contributed by atoms with E-state index in [0.717, 1.165) is 22.3 Å². The zero-order chi connectivity index (χ0) is 13.2. The second-order valence-electron chi connectivity index (χ2n) is 4.79.